The van der Waals surface area contributed by atoms with Crippen molar-refractivity contribution in [2.24, 2.45) is 11.8 Å². The zero-order chi connectivity index (χ0) is 20.1. The van der Waals surface area contributed by atoms with Crippen molar-refractivity contribution >= 4 is 29.5 Å². The molecule has 7 heteroatoms. The number of para-hydroxylation sites is 1. The third-order valence-electron chi connectivity index (χ3n) is 5.73. The van der Waals surface area contributed by atoms with Gasteiger partial charge in [0.1, 0.15) is 11.8 Å². The maximum Gasteiger partial charge on any atom is 0.243 e. The molecule has 0 spiro atoms. The molecule has 1 aliphatic carbocycles. The monoisotopic (exact) mass is 404 g/mol. The number of imide groups is 1. The second-order valence-electron chi connectivity index (χ2n) is 7.37. The maximum absolute atomic E-state index is 13.0. The number of carbonyl (C=O) groups excluding carboxylic acids is 3. The van der Waals surface area contributed by atoms with Crippen molar-refractivity contribution in [3.8, 4) is 5.75 Å². The predicted molar refractivity (Wildman–Crippen MR) is 109 cm³/mol. The van der Waals surface area contributed by atoms with E-state index in [1.165, 1.54) is 4.90 Å². The highest BCUT2D eigenvalue weighted by Crippen LogP contribution is 2.39. The minimum Gasteiger partial charge on any atom is -0.496 e. The number of thioether (sulfide) groups is 1. The lowest BCUT2D eigenvalue weighted by molar-refractivity contribution is -0.148. The van der Waals surface area contributed by atoms with Crippen LogP contribution in [-0.2, 0) is 20.9 Å². The van der Waals surface area contributed by atoms with E-state index in [0.29, 0.717) is 24.5 Å². The van der Waals surface area contributed by atoms with Crippen molar-refractivity contribution in [1.82, 2.24) is 10.2 Å². The fourth-order valence-corrected chi connectivity index (χ4v) is 4.71. The summed E-state index contributed by atoms with van der Waals surface area (Å²) in [6, 6.07) is 6.73. The number of benzene rings is 1. The molecule has 0 bridgehead atoms. The molecule has 1 saturated heterocycles. The Hall–Kier alpha value is -2.02. The van der Waals surface area contributed by atoms with Gasteiger partial charge in [0.25, 0.3) is 0 Å². The molecular formula is C21H28N2O4S. The van der Waals surface area contributed by atoms with E-state index in [0.717, 1.165) is 31.2 Å². The Morgan fingerprint density at radius 3 is 2.46 bits per heavy atom. The van der Waals surface area contributed by atoms with Crippen LogP contribution in [0.1, 0.15) is 37.7 Å². The Morgan fingerprint density at radius 2 is 1.86 bits per heavy atom. The number of hydrogen-bond donors (Lipinski definition) is 1. The molecule has 152 valence electrons. The summed E-state index contributed by atoms with van der Waals surface area (Å²) in [5.41, 5.74) is 0.856. The molecule has 1 aliphatic heterocycles. The van der Waals surface area contributed by atoms with Crippen LogP contribution in [0.25, 0.3) is 0 Å². The van der Waals surface area contributed by atoms with Gasteiger partial charge in [-0.25, -0.2) is 0 Å². The van der Waals surface area contributed by atoms with E-state index in [9.17, 15) is 14.4 Å². The molecule has 0 unspecified atom stereocenters. The summed E-state index contributed by atoms with van der Waals surface area (Å²) in [7, 11) is 1.59. The number of hydrogen-bond acceptors (Lipinski definition) is 5. The van der Waals surface area contributed by atoms with Crippen LogP contribution in [-0.4, -0.2) is 47.8 Å². The standard InChI is InChI=1S/C21H28N2O4S/c1-27-18-10-6-3-7-14(18)13-22-19(24)17(11-12-28-2)23-20(25)15-8-4-5-9-16(15)21(23)26/h3,6-7,10,15-17H,4-5,8-9,11-13H2,1-2H3,(H,22,24)/t15-,16-,17+/m1/s1. The van der Waals surface area contributed by atoms with Crippen LogP contribution >= 0.6 is 11.8 Å². The maximum atomic E-state index is 13.0. The molecule has 3 atom stereocenters. The lowest BCUT2D eigenvalue weighted by Gasteiger charge is -2.26. The van der Waals surface area contributed by atoms with E-state index in [4.69, 9.17) is 4.74 Å². The zero-order valence-corrected chi connectivity index (χ0v) is 17.3. The van der Waals surface area contributed by atoms with Crippen LogP contribution in [0.5, 0.6) is 5.75 Å². The van der Waals surface area contributed by atoms with Crippen LogP contribution in [0.4, 0.5) is 0 Å². The van der Waals surface area contributed by atoms with Crippen molar-refractivity contribution in [2.75, 3.05) is 19.1 Å². The molecule has 1 saturated carbocycles. The topological polar surface area (TPSA) is 75.7 Å². The number of nitrogens with one attached hydrogen (secondary N) is 1. The Labute approximate surface area is 170 Å². The zero-order valence-electron chi connectivity index (χ0n) is 16.5. The Balaban J connectivity index is 1.74. The highest BCUT2D eigenvalue weighted by Gasteiger charge is 2.51. The highest BCUT2D eigenvalue weighted by molar-refractivity contribution is 7.98. The van der Waals surface area contributed by atoms with Crippen molar-refractivity contribution in [3.05, 3.63) is 29.8 Å². The van der Waals surface area contributed by atoms with Gasteiger partial charge in [0.15, 0.2) is 0 Å². The highest BCUT2D eigenvalue weighted by atomic mass is 32.2. The lowest BCUT2D eigenvalue weighted by atomic mass is 9.81. The number of amides is 3. The smallest absolute Gasteiger partial charge is 0.243 e. The average molecular weight is 405 g/mol. The minimum absolute atomic E-state index is 0.159. The number of nitrogens with zero attached hydrogens (tertiary/aromatic N) is 1. The molecule has 1 heterocycles. The molecule has 0 aromatic heterocycles. The molecule has 3 amide bonds. The van der Waals surface area contributed by atoms with Gasteiger partial charge >= 0.3 is 0 Å². The third-order valence-corrected chi connectivity index (χ3v) is 6.37. The molecule has 28 heavy (non-hydrogen) atoms. The van der Waals surface area contributed by atoms with Crippen molar-refractivity contribution in [3.63, 3.8) is 0 Å². The van der Waals surface area contributed by atoms with Crippen LogP contribution in [0.2, 0.25) is 0 Å². The van der Waals surface area contributed by atoms with Gasteiger partial charge in [-0.05, 0) is 37.3 Å². The van der Waals surface area contributed by atoms with Crippen LogP contribution < -0.4 is 10.1 Å². The van der Waals surface area contributed by atoms with Gasteiger partial charge in [-0.2, -0.15) is 11.8 Å². The summed E-state index contributed by atoms with van der Waals surface area (Å²) >= 11 is 1.61. The SMILES string of the molecule is COc1ccccc1CNC(=O)[C@H](CCSC)N1C(=O)[C@@H]2CCCC[C@H]2C1=O. The quantitative estimate of drug-likeness (QED) is 0.674. The first-order chi connectivity index (χ1) is 13.6. The molecule has 2 aliphatic rings. The van der Waals surface area contributed by atoms with Crippen molar-refractivity contribution in [2.45, 2.75) is 44.7 Å². The minimum atomic E-state index is -0.743. The van der Waals surface area contributed by atoms with Crippen molar-refractivity contribution in [1.29, 1.82) is 0 Å². The molecule has 0 radical (unpaired) electrons. The summed E-state index contributed by atoms with van der Waals surface area (Å²) in [4.78, 5) is 40.1. The number of methoxy groups -OCH3 is 1. The predicted octanol–water partition coefficient (Wildman–Crippen LogP) is 2.61. The molecule has 1 aromatic rings. The van der Waals surface area contributed by atoms with Gasteiger partial charge in [-0.3, -0.25) is 19.3 Å². The first kappa shape index (κ1) is 20.7. The number of rotatable bonds is 8. The second-order valence-corrected chi connectivity index (χ2v) is 8.36. The molecule has 6 nitrogen and oxygen atoms in total. The van der Waals surface area contributed by atoms with Crippen LogP contribution in [0, 0.1) is 11.8 Å². The summed E-state index contributed by atoms with van der Waals surface area (Å²) in [6.07, 6.45) is 5.88. The Bertz CT molecular complexity index is 715. The summed E-state index contributed by atoms with van der Waals surface area (Å²) in [6.45, 7) is 0.293. The summed E-state index contributed by atoms with van der Waals surface area (Å²) < 4.78 is 5.33. The first-order valence-corrected chi connectivity index (χ1v) is 11.2. The number of ether oxygens (including phenoxy) is 1. The van der Waals surface area contributed by atoms with E-state index in [1.54, 1.807) is 18.9 Å². The number of likely N-dealkylation sites (tertiary alicyclic amines) is 1. The largest absolute Gasteiger partial charge is 0.496 e. The molecule has 2 fully saturated rings. The Morgan fingerprint density at radius 1 is 1.21 bits per heavy atom. The van der Waals surface area contributed by atoms with Crippen LogP contribution in [0.3, 0.4) is 0 Å². The number of fused-ring (bicyclic) bond motifs is 1. The molecular weight excluding hydrogens is 376 g/mol. The summed E-state index contributed by atoms with van der Waals surface area (Å²) in [5.74, 6) is 0.337. The van der Waals surface area contributed by atoms with Gasteiger partial charge in [0, 0.05) is 12.1 Å². The molecule has 1 aromatic carbocycles. The van der Waals surface area contributed by atoms with E-state index in [1.807, 2.05) is 30.5 Å². The second kappa shape index (κ2) is 9.45. The lowest BCUT2D eigenvalue weighted by Crippen LogP contribution is -2.50. The normalized spacial score (nSPS) is 22.7. The molecule has 3 rings (SSSR count). The average Bonchev–Trinajstić information content (AvgIpc) is 2.98. The van der Waals surface area contributed by atoms with E-state index in [-0.39, 0.29) is 29.6 Å². The third kappa shape index (κ3) is 4.19. The van der Waals surface area contributed by atoms with Gasteiger partial charge < -0.3 is 10.1 Å². The first-order valence-electron chi connectivity index (χ1n) is 9.84. The fourth-order valence-electron chi connectivity index (χ4n) is 4.25. The van der Waals surface area contributed by atoms with Gasteiger partial charge in [0.2, 0.25) is 17.7 Å². The van der Waals surface area contributed by atoms with E-state index in [2.05, 4.69) is 5.32 Å². The van der Waals surface area contributed by atoms with Gasteiger partial charge in [0.05, 0.1) is 18.9 Å². The number of carbonyl (C=O) groups is 3. The summed E-state index contributed by atoms with van der Waals surface area (Å²) in [5, 5.41) is 2.91. The Kier molecular flexibility index (Phi) is 6.99. The molecule has 1 N–H and O–H groups in total. The van der Waals surface area contributed by atoms with E-state index >= 15 is 0 Å². The van der Waals surface area contributed by atoms with Crippen LogP contribution in [0.15, 0.2) is 24.3 Å². The van der Waals surface area contributed by atoms with Gasteiger partial charge in [-0.15, -0.1) is 0 Å². The van der Waals surface area contributed by atoms with Crippen molar-refractivity contribution < 1.29 is 19.1 Å². The van der Waals surface area contributed by atoms with E-state index < -0.39 is 6.04 Å². The fraction of sp³-hybridized carbons (Fsp3) is 0.571. The van der Waals surface area contributed by atoms with Gasteiger partial charge in [-0.1, -0.05) is 31.0 Å².